The van der Waals surface area contributed by atoms with E-state index in [-0.39, 0.29) is 36.8 Å². The van der Waals surface area contributed by atoms with Crippen LogP contribution in [0.25, 0.3) is 11.0 Å². The molecule has 0 aliphatic heterocycles. The number of hydrogen-bond acceptors (Lipinski definition) is 9. The van der Waals surface area contributed by atoms with E-state index in [1.54, 1.807) is 42.1 Å². The van der Waals surface area contributed by atoms with Gasteiger partial charge in [-0.25, -0.2) is 13.0 Å². The van der Waals surface area contributed by atoms with Crippen LogP contribution in [0, 0.1) is 0 Å². The van der Waals surface area contributed by atoms with Crippen molar-refractivity contribution in [2.24, 2.45) is 7.05 Å². The van der Waals surface area contributed by atoms with Crippen molar-refractivity contribution in [3.05, 3.63) is 43.0 Å². The van der Waals surface area contributed by atoms with Crippen LogP contribution in [0.1, 0.15) is 7.43 Å². The zero-order valence-electron chi connectivity index (χ0n) is 18.1. The van der Waals surface area contributed by atoms with Crippen LogP contribution >= 0.6 is 18.6 Å². The van der Waals surface area contributed by atoms with Gasteiger partial charge in [-0.15, -0.1) is 9.07 Å². The second-order valence-electron chi connectivity index (χ2n) is 6.13. The molecule has 3 aromatic rings. The van der Waals surface area contributed by atoms with E-state index in [4.69, 9.17) is 5.70 Å². The molecule has 0 N–H and O–H groups in total. The summed E-state index contributed by atoms with van der Waals surface area (Å²) < 4.78 is 69.9. The molecule has 0 spiro atoms. The molecule has 3 rings (SSSR count). The molecule has 0 amide bonds. The van der Waals surface area contributed by atoms with E-state index in [1.807, 2.05) is 0 Å². The van der Waals surface area contributed by atoms with Gasteiger partial charge in [0.1, 0.15) is 33.3 Å². The van der Waals surface area contributed by atoms with E-state index in [1.165, 1.54) is 12.5 Å². The first-order valence-electron chi connectivity index (χ1n) is 8.01. The van der Waals surface area contributed by atoms with Crippen molar-refractivity contribution < 1.29 is 63.5 Å². The van der Waals surface area contributed by atoms with E-state index in [0.717, 1.165) is 33.8 Å². The average molecular weight is 785 g/mol. The summed E-state index contributed by atoms with van der Waals surface area (Å²) in [5, 5.41) is 7.27. The summed E-state index contributed by atoms with van der Waals surface area (Å²) in [5.74, 6) is 0. The third-order valence-electron chi connectivity index (χ3n) is 2.66. The number of fused-ring (bicyclic) bond motifs is 1. The van der Waals surface area contributed by atoms with Gasteiger partial charge in [0.25, 0.3) is 6.33 Å². The Bertz CT molecular complexity index is 1310. The van der Waals surface area contributed by atoms with Gasteiger partial charge >= 0.3 is 61.5 Å². The van der Waals surface area contributed by atoms with Gasteiger partial charge in [0.2, 0.25) is 0 Å². The van der Waals surface area contributed by atoms with Crippen LogP contribution < -0.4 is 38.3 Å². The Kier molecular flexibility index (Phi) is 18.8. The third-order valence-corrected chi connectivity index (χ3v) is 4.05. The number of rotatable bonds is 3. The number of aryl methyl sites for hydroxylation is 1. The molecule has 0 saturated heterocycles. The Morgan fingerprint density at radius 3 is 1.88 bits per heavy atom. The van der Waals surface area contributed by atoms with Gasteiger partial charge in [-0.05, 0) is 17.3 Å². The second-order valence-corrected chi connectivity index (χ2v) is 15.5. The molecule has 0 aliphatic carbocycles. The van der Waals surface area contributed by atoms with Crippen molar-refractivity contribution in [1.82, 2.24) is 19.1 Å². The number of sulfone groups is 1. The molecule has 0 unspecified atom stereocenters. The van der Waals surface area contributed by atoms with Crippen LogP contribution in [0.15, 0.2) is 43.0 Å². The predicted molar refractivity (Wildman–Crippen MR) is 132 cm³/mol. The Morgan fingerprint density at radius 1 is 1.06 bits per heavy atom. The zero-order valence-corrected chi connectivity index (χ0v) is 25.6. The standard InChI is InChI=1S/C7H7N3O3S.C5H9N2O2S.C2H6O2S.CH4.BI2.ClH/c1-14(11,12)13-10-7-5-3-2-4-6(7)8-9-10;1-6-3-4-7(5-6)10(2,8)9;1-5(2,3)4;;1-3-2;/h2-5H,1H3;3-5H,1-2H3;1-2H3;1H4;;1H/q;+1;;;-1;/p-1. The maximum atomic E-state index is 10.8. The van der Waals surface area contributed by atoms with Crippen LogP contribution in [0.4, 0.5) is 0 Å². The minimum atomic E-state index is -3.58. The molecule has 2 heterocycles. The summed E-state index contributed by atoms with van der Waals surface area (Å²) in [6.45, 7) is 0. The van der Waals surface area contributed by atoms with E-state index < -0.39 is 30.0 Å². The van der Waals surface area contributed by atoms with Gasteiger partial charge in [0.15, 0.2) is 0 Å². The summed E-state index contributed by atoms with van der Waals surface area (Å²) in [7, 11) is -7.57. The van der Waals surface area contributed by atoms with Gasteiger partial charge in [0, 0.05) is 12.5 Å². The maximum Gasteiger partial charge on any atom is -1.00 e. The molecule has 0 fully saturated rings. The van der Waals surface area contributed by atoms with Gasteiger partial charge in [0.05, 0.1) is 19.6 Å². The fraction of sp³-hybridized carbons (Fsp3) is 0.400. The van der Waals surface area contributed by atoms with E-state index in [9.17, 15) is 25.3 Å². The first-order chi connectivity index (χ1) is 14.5. The van der Waals surface area contributed by atoms with E-state index in [2.05, 4.69) is 33.2 Å². The van der Waals surface area contributed by atoms with Gasteiger partial charge in [-0.1, -0.05) is 24.4 Å². The molecular weight excluding hydrogens is 758 g/mol. The van der Waals surface area contributed by atoms with Crippen LogP contribution in [-0.2, 0) is 37.0 Å². The molecule has 2 radical (unpaired) electrons. The van der Waals surface area contributed by atoms with Crippen molar-refractivity contribution in [2.45, 2.75) is 7.43 Å². The van der Waals surface area contributed by atoms with Crippen LogP contribution in [0.3, 0.4) is 0 Å². The Balaban J connectivity index is -0.000000424. The number of imidazole rings is 1. The quantitative estimate of drug-likeness (QED) is 0.144. The minimum absolute atomic E-state index is 0. The molecule has 2 aromatic heterocycles. The van der Waals surface area contributed by atoms with Crippen molar-refractivity contribution >= 4 is 65.3 Å². The first kappa shape index (κ1) is 37.8. The van der Waals surface area contributed by atoms with Crippen LogP contribution in [0.5, 0.6) is 0 Å². The van der Waals surface area contributed by atoms with E-state index in [0.29, 0.717) is 11.0 Å². The number of para-hydroxylation sites is 1. The maximum absolute atomic E-state index is 10.8. The zero-order chi connectivity index (χ0) is 25.2. The number of hydrogen-bond donors (Lipinski definition) is 0. The topological polar surface area (TPSA) is 151 Å². The number of benzene rings is 1. The summed E-state index contributed by atoms with van der Waals surface area (Å²) in [5.41, 5.74) is 6.04. The Hall–Kier alpha value is -0.705. The molecule has 1 aromatic carbocycles. The molecule has 0 bridgehead atoms. The van der Waals surface area contributed by atoms with Crippen molar-refractivity contribution in [2.75, 3.05) is 25.0 Å². The monoisotopic (exact) mass is 784 g/mol. The Morgan fingerprint density at radius 2 is 1.53 bits per heavy atom. The largest absolute Gasteiger partial charge is 1.00 e. The molecule has 34 heavy (non-hydrogen) atoms. The molecule has 0 saturated carbocycles. The van der Waals surface area contributed by atoms with Crippen LogP contribution in [0.2, 0.25) is 0 Å². The van der Waals surface area contributed by atoms with Crippen LogP contribution in [-0.4, -0.2) is 75.1 Å². The summed E-state index contributed by atoms with van der Waals surface area (Å²) in [4.78, 5) is 0.880. The second kappa shape index (κ2) is 16.9. The molecule has 12 nitrogen and oxygen atoms in total. The van der Waals surface area contributed by atoms with Crippen molar-refractivity contribution in [1.29, 1.82) is 0 Å². The predicted octanol–water partition coefficient (Wildman–Crippen LogP) is -6.25. The third kappa shape index (κ3) is 18.6. The minimum Gasteiger partial charge on any atom is -1.00 e. The van der Waals surface area contributed by atoms with Gasteiger partial charge in [-0.3, -0.25) is 4.28 Å². The summed E-state index contributed by atoms with van der Waals surface area (Å²) >= 11 is 2.24. The van der Waals surface area contributed by atoms with E-state index >= 15 is 0 Å². The van der Waals surface area contributed by atoms with Crippen molar-refractivity contribution in [3.63, 3.8) is 0 Å². The van der Waals surface area contributed by atoms with Gasteiger partial charge < -0.3 is 12.4 Å². The molecular formula is C15H26BClI2N5O7S3-. The summed E-state index contributed by atoms with van der Waals surface area (Å²) in [6.07, 6.45) is 9.09. The number of halogens is 3. The smallest absolute Gasteiger partial charge is 1.00 e. The Labute approximate surface area is 228 Å². The molecule has 0 aliphatic rings. The first-order valence-corrected chi connectivity index (χ1v) is 21.5. The normalized spacial score (nSPS) is 10.6. The molecule has 19 heteroatoms. The average Bonchev–Trinajstić information content (AvgIpc) is 3.20. The van der Waals surface area contributed by atoms with Crippen molar-refractivity contribution in [3.8, 4) is 0 Å². The molecule has 0 atom stereocenters. The fourth-order valence-corrected chi connectivity index (χ4v) is 2.62. The fourth-order valence-electron chi connectivity index (χ4n) is 1.65. The SMILES string of the molecule is C.CS(=O)(=O)On1nnc2ccccc21.CS(C)(=O)=O.C[n+]1ccn(S(C)(=O)=O)c1.[B][I-]I.[Cl-]. The summed E-state index contributed by atoms with van der Waals surface area (Å²) in [6, 6.07) is 6.90. The number of aromatic nitrogens is 5. The number of nitrogens with zero attached hydrogens (tertiary/aromatic N) is 5. The molecule has 196 valence electrons. The van der Waals surface area contributed by atoms with Gasteiger partial charge in [-0.2, -0.15) is 16.8 Å².